The number of carbonyl (C=O) groups excluding carboxylic acids is 3. The van der Waals surface area contributed by atoms with E-state index in [2.05, 4.69) is 10.0 Å². The Morgan fingerprint density at radius 1 is 1.03 bits per heavy atom. The van der Waals surface area contributed by atoms with Gasteiger partial charge in [-0.15, -0.1) is 0 Å². The predicted molar refractivity (Wildman–Crippen MR) is 101 cm³/mol. The van der Waals surface area contributed by atoms with E-state index in [0.29, 0.717) is 0 Å². The van der Waals surface area contributed by atoms with Gasteiger partial charge < -0.3 is 23.7 Å². The van der Waals surface area contributed by atoms with Crippen molar-refractivity contribution in [1.82, 2.24) is 0 Å². The zero-order valence-corrected chi connectivity index (χ0v) is 16.8. The second-order valence-corrected chi connectivity index (χ2v) is 6.49. The van der Waals surface area contributed by atoms with Gasteiger partial charge in [-0.05, 0) is 11.1 Å². The minimum absolute atomic E-state index is 0.0888. The Labute approximate surface area is 172 Å². The number of carbonyl (C=O) groups is 3. The van der Waals surface area contributed by atoms with Gasteiger partial charge >= 0.3 is 17.9 Å². The number of nitrogens with zero attached hydrogens (tertiary/aromatic N) is 3. The maximum atomic E-state index is 11.6. The van der Waals surface area contributed by atoms with E-state index in [4.69, 9.17) is 29.2 Å². The van der Waals surface area contributed by atoms with Gasteiger partial charge in [0.25, 0.3) is 0 Å². The summed E-state index contributed by atoms with van der Waals surface area (Å²) in [6.45, 7) is 3.33. The first-order valence-electron chi connectivity index (χ1n) is 9.14. The lowest BCUT2D eigenvalue weighted by molar-refractivity contribution is -0.281. The van der Waals surface area contributed by atoms with Crippen molar-refractivity contribution < 1.29 is 38.1 Å². The van der Waals surface area contributed by atoms with E-state index in [-0.39, 0.29) is 13.2 Å². The SMILES string of the molecule is CC(=O)OCC1O[C@@H](OC(C)=O)C(OCc2ccccc2)[C@@H](N=[N+]=[N-])[C@@H]1OC(C)=O. The van der Waals surface area contributed by atoms with Crippen LogP contribution in [0.15, 0.2) is 35.4 Å². The molecule has 1 aliphatic heterocycles. The average Bonchev–Trinajstić information content (AvgIpc) is 2.68. The minimum Gasteiger partial charge on any atom is -0.463 e. The molecule has 1 heterocycles. The van der Waals surface area contributed by atoms with Crippen molar-refractivity contribution in [2.45, 2.75) is 58.0 Å². The van der Waals surface area contributed by atoms with Crippen LogP contribution in [-0.4, -0.2) is 55.2 Å². The molecule has 30 heavy (non-hydrogen) atoms. The van der Waals surface area contributed by atoms with Gasteiger partial charge in [-0.1, -0.05) is 35.4 Å². The highest BCUT2D eigenvalue weighted by molar-refractivity contribution is 5.67. The average molecular weight is 421 g/mol. The molecule has 2 rings (SSSR count). The lowest BCUT2D eigenvalue weighted by Crippen LogP contribution is -2.60. The molecule has 1 aromatic rings. The quantitative estimate of drug-likeness (QED) is 0.204. The summed E-state index contributed by atoms with van der Waals surface area (Å²) in [5.41, 5.74) is 9.88. The molecule has 0 saturated carbocycles. The molecule has 0 spiro atoms. The second kappa shape index (κ2) is 11.1. The Morgan fingerprint density at radius 3 is 2.27 bits per heavy atom. The topological polar surface area (TPSA) is 146 Å². The number of ether oxygens (including phenoxy) is 5. The van der Waals surface area contributed by atoms with Crippen molar-refractivity contribution in [1.29, 1.82) is 0 Å². The van der Waals surface area contributed by atoms with E-state index in [1.807, 2.05) is 30.3 Å². The fraction of sp³-hybridized carbons (Fsp3) is 0.526. The monoisotopic (exact) mass is 421 g/mol. The van der Waals surface area contributed by atoms with Crippen LogP contribution in [0.25, 0.3) is 10.4 Å². The van der Waals surface area contributed by atoms with Crippen LogP contribution in [0.1, 0.15) is 26.3 Å². The van der Waals surface area contributed by atoms with E-state index in [0.717, 1.165) is 5.56 Å². The zero-order valence-electron chi connectivity index (χ0n) is 16.8. The van der Waals surface area contributed by atoms with Crippen molar-refractivity contribution in [3.05, 3.63) is 46.3 Å². The summed E-state index contributed by atoms with van der Waals surface area (Å²) >= 11 is 0. The molecule has 2 unspecified atom stereocenters. The normalized spacial score (nSPS) is 25.5. The standard InChI is InChI=1S/C19H23N3O8/c1-11(23)26-10-15-17(28-12(2)24)16(21-22-20)18(19(30-15)29-13(3)25)27-9-14-7-5-4-6-8-14/h4-8,15-19H,9-10H2,1-3H3/t15?,16-,17+,18?,19+/m0/s1. The van der Waals surface area contributed by atoms with Crippen LogP contribution in [0.2, 0.25) is 0 Å². The number of hydrogen-bond acceptors (Lipinski definition) is 9. The molecule has 0 N–H and O–H groups in total. The molecule has 0 radical (unpaired) electrons. The zero-order chi connectivity index (χ0) is 22.1. The minimum atomic E-state index is -1.28. The van der Waals surface area contributed by atoms with E-state index < -0.39 is 48.6 Å². The summed E-state index contributed by atoms with van der Waals surface area (Å²) in [7, 11) is 0. The molecule has 5 atom stereocenters. The third-order valence-electron chi connectivity index (χ3n) is 4.12. The molecule has 162 valence electrons. The van der Waals surface area contributed by atoms with Gasteiger partial charge in [-0.2, -0.15) is 0 Å². The summed E-state index contributed by atoms with van der Waals surface area (Å²) in [5, 5.41) is 3.71. The van der Waals surface area contributed by atoms with E-state index in [1.165, 1.54) is 20.8 Å². The van der Waals surface area contributed by atoms with Crippen LogP contribution in [0, 0.1) is 0 Å². The van der Waals surface area contributed by atoms with Gasteiger partial charge in [-0.25, -0.2) is 0 Å². The Balaban J connectivity index is 2.34. The molecule has 0 aliphatic carbocycles. The molecular weight excluding hydrogens is 398 g/mol. The lowest BCUT2D eigenvalue weighted by Gasteiger charge is -2.43. The van der Waals surface area contributed by atoms with Crippen molar-refractivity contribution in [3.8, 4) is 0 Å². The van der Waals surface area contributed by atoms with Crippen LogP contribution in [0.5, 0.6) is 0 Å². The number of rotatable bonds is 8. The van der Waals surface area contributed by atoms with Crippen molar-refractivity contribution in [2.24, 2.45) is 5.11 Å². The van der Waals surface area contributed by atoms with Gasteiger partial charge in [0.05, 0.1) is 6.61 Å². The van der Waals surface area contributed by atoms with Crippen LogP contribution >= 0.6 is 0 Å². The molecule has 1 saturated heterocycles. The lowest BCUT2D eigenvalue weighted by atomic mass is 9.96. The van der Waals surface area contributed by atoms with Gasteiger partial charge in [0.15, 0.2) is 0 Å². The highest BCUT2D eigenvalue weighted by Gasteiger charge is 2.50. The van der Waals surface area contributed by atoms with E-state index in [9.17, 15) is 14.4 Å². The molecule has 1 aromatic carbocycles. The first-order valence-corrected chi connectivity index (χ1v) is 9.14. The number of azide groups is 1. The Bertz CT molecular complexity index is 796. The summed E-state index contributed by atoms with van der Waals surface area (Å²) in [4.78, 5) is 37.3. The molecule has 11 heteroatoms. The maximum absolute atomic E-state index is 11.6. The summed E-state index contributed by atoms with van der Waals surface area (Å²) in [5.74, 6) is -1.92. The predicted octanol–water partition coefficient (Wildman–Crippen LogP) is 2.03. The van der Waals surface area contributed by atoms with E-state index in [1.54, 1.807) is 0 Å². The molecule has 1 aliphatic rings. The summed E-state index contributed by atoms with van der Waals surface area (Å²) in [6, 6.07) is 8.01. The fourth-order valence-corrected chi connectivity index (χ4v) is 2.96. The largest absolute Gasteiger partial charge is 0.463 e. The smallest absolute Gasteiger partial charge is 0.305 e. The number of esters is 3. The third kappa shape index (κ3) is 6.73. The van der Waals surface area contributed by atoms with Crippen LogP contribution < -0.4 is 0 Å². The first kappa shape index (κ1) is 23.1. The van der Waals surface area contributed by atoms with Crippen LogP contribution in [-0.2, 0) is 44.7 Å². The van der Waals surface area contributed by atoms with Gasteiger partial charge in [-0.3, -0.25) is 14.4 Å². The number of hydrogen-bond donors (Lipinski definition) is 0. The summed E-state index contributed by atoms with van der Waals surface area (Å²) < 4.78 is 27.1. The molecule has 0 bridgehead atoms. The highest BCUT2D eigenvalue weighted by atomic mass is 16.7. The number of benzene rings is 1. The maximum Gasteiger partial charge on any atom is 0.305 e. The van der Waals surface area contributed by atoms with Crippen molar-refractivity contribution in [2.75, 3.05) is 6.61 Å². The first-order chi connectivity index (χ1) is 14.3. The summed E-state index contributed by atoms with van der Waals surface area (Å²) in [6.07, 6.45) is -4.54. The highest BCUT2D eigenvalue weighted by Crippen LogP contribution is 2.30. The van der Waals surface area contributed by atoms with Gasteiger partial charge in [0.2, 0.25) is 6.29 Å². The van der Waals surface area contributed by atoms with E-state index >= 15 is 0 Å². The van der Waals surface area contributed by atoms with Crippen molar-refractivity contribution >= 4 is 17.9 Å². The molecule has 11 nitrogen and oxygen atoms in total. The third-order valence-corrected chi connectivity index (χ3v) is 4.12. The molecular formula is C19H23N3O8. The van der Waals surface area contributed by atoms with Crippen LogP contribution in [0.4, 0.5) is 0 Å². The molecule has 1 fully saturated rings. The fourth-order valence-electron chi connectivity index (χ4n) is 2.96. The van der Waals surface area contributed by atoms with Crippen molar-refractivity contribution in [3.63, 3.8) is 0 Å². The van der Waals surface area contributed by atoms with Gasteiger partial charge in [0, 0.05) is 25.7 Å². The van der Waals surface area contributed by atoms with Gasteiger partial charge in [0.1, 0.15) is 31.0 Å². The molecule has 0 amide bonds. The second-order valence-electron chi connectivity index (χ2n) is 6.49. The van der Waals surface area contributed by atoms with Crippen LogP contribution in [0.3, 0.4) is 0 Å². The molecule has 0 aromatic heterocycles. The Kier molecular flexibility index (Phi) is 8.60. The Morgan fingerprint density at radius 2 is 1.70 bits per heavy atom. The Hall–Kier alpha value is -3.14.